The van der Waals surface area contributed by atoms with Crippen molar-refractivity contribution in [2.75, 3.05) is 0 Å². The summed E-state index contributed by atoms with van der Waals surface area (Å²) in [7, 11) is 0. The van der Waals surface area contributed by atoms with Gasteiger partial charge in [0.05, 0.1) is 22.5 Å². The topological polar surface area (TPSA) is 58.3 Å². The van der Waals surface area contributed by atoms with Crippen LogP contribution in [0.3, 0.4) is 0 Å². The molecule has 36 heavy (non-hydrogen) atoms. The number of alkyl halides is 6. The summed E-state index contributed by atoms with van der Waals surface area (Å²) in [4.78, 5) is 7.34. The van der Waals surface area contributed by atoms with Gasteiger partial charge in [0.1, 0.15) is 29.8 Å². The number of nitrogens with one attached hydrogen (secondary N) is 1. The Morgan fingerprint density at radius 1 is 1.03 bits per heavy atom. The maximum absolute atomic E-state index is 13.6. The van der Waals surface area contributed by atoms with Gasteiger partial charge in [0, 0.05) is 17.2 Å². The maximum Gasteiger partial charge on any atom is 0.417 e. The lowest BCUT2D eigenvalue weighted by molar-refractivity contribution is -0.690. The van der Waals surface area contributed by atoms with Crippen LogP contribution in [0, 0.1) is 0 Å². The zero-order valence-electron chi connectivity index (χ0n) is 18.5. The Balaban J connectivity index is 1.61. The Bertz CT molecular complexity index is 1470. The second-order valence-electron chi connectivity index (χ2n) is 7.80. The highest BCUT2D eigenvalue weighted by atomic mass is 19.4. The van der Waals surface area contributed by atoms with Crippen molar-refractivity contribution < 1.29 is 35.3 Å². The monoisotopic (exact) mass is 508 g/mol. The molecule has 1 aromatic carbocycles. The molecule has 0 aliphatic heterocycles. The van der Waals surface area contributed by atoms with E-state index in [0.717, 1.165) is 6.07 Å². The minimum absolute atomic E-state index is 0.0592. The summed E-state index contributed by atoms with van der Waals surface area (Å²) in [5, 5.41) is 7.73. The van der Waals surface area contributed by atoms with Gasteiger partial charge in [-0.3, -0.25) is 0 Å². The van der Waals surface area contributed by atoms with Crippen LogP contribution >= 0.6 is 0 Å². The summed E-state index contributed by atoms with van der Waals surface area (Å²) in [6.45, 7) is 5.12. The third-order valence-electron chi connectivity index (χ3n) is 5.33. The van der Waals surface area contributed by atoms with Crippen molar-refractivity contribution in [1.82, 2.24) is 20.2 Å². The van der Waals surface area contributed by atoms with E-state index in [-0.39, 0.29) is 18.3 Å². The molecule has 3 aromatic heterocycles. The molecule has 0 amide bonds. The fraction of sp³-hybridized carbons (Fsp3) is 0.167. The summed E-state index contributed by atoms with van der Waals surface area (Å²) >= 11 is 0. The molecule has 3 heterocycles. The molecule has 0 atom stereocenters. The molecule has 0 spiro atoms. The van der Waals surface area contributed by atoms with Crippen molar-refractivity contribution in [2.45, 2.75) is 25.8 Å². The molecular formula is C24H17F7N5+. The smallest absolute Gasteiger partial charge is 0.348 e. The van der Waals surface area contributed by atoms with Crippen molar-refractivity contribution in [3.8, 4) is 11.3 Å². The number of rotatable bonds is 5. The largest absolute Gasteiger partial charge is 0.417 e. The first-order valence-electron chi connectivity index (χ1n) is 10.4. The summed E-state index contributed by atoms with van der Waals surface area (Å²) < 4.78 is 94.4. The van der Waals surface area contributed by atoms with E-state index < -0.39 is 34.9 Å². The minimum atomic E-state index is -5.02. The van der Waals surface area contributed by atoms with E-state index in [1.54, 1.807) is 29.8 Å². The van der Waals surface area contributed by atoms with Crippen molar-refractivity contribution in [3.63, 3.8) is 0 Å². The number of allylic oxidation sites excluding steroid dienone is 3. The van der Waals surface area contributed by atoms with Gasteiger partial charge in [-0.15, -0.1) is 0 Å². The second-order valence-corrected chi connectivity index (χ2v) is 7.80. The molecule has 5 nitrogen and oxygen atoms in total. The van der Waals surface area contributed by atoms with Gasteiger partial charge >= 0.3 is 12.4 Å². The first-order valence-corrected chi connectivity index (χ1v) is 10.4. The summed E-state index contributed by atoms with van der Waals surface area (Å²) in [6.07, 6.45) is -5.20. The van der Waals surface area contributed by atoms with Crippen molar-refractivity contribution in [1.29, 1.82) is 0 Å². The van der Waals surface area contributed by atoms with Crippen LogP contribution in [0.2, 0.25) is 0 Å². The fourth-order valence-corrected chi connectivity index (χ4v) is 3.64. The van der Waals surface area contributed by atoms with Crippen LogP contribution < -0.4 is 4.57 Å². The van der Waals surface area contributed by atoms with Crippen LogP contribution in [0.25, 0.3) is 27.9 Å². The van der Waals surface area contributed by atoms with E-state index >= 15 is 0 Å². The predicted octanol–water partition coefficient (Wildman–Crippen LogP) is 6.28. The Morgan fingerprint density at radius 3 is 2.36 bits per heavy atom. The second kappa shape index (κ2) is 9.17. The zero-order chi connectivity index (χ0) is 26.3. The lowest BCUT2D eigenvalue weighted by atomic mass is 10.00. The van der Waals surface area contributed by atoms with E-state index in [1.807, 2.05) is 0 Å². The van der Waals surface area contributed by atoms with Crippen LogP contribution in [0.5, 0.6) is 0 Å². The molecule has 0 fully saturated rings. The van der Waals surface area contributed by atoms with Gasteiger partial charge < -0.3 is 4.98 Å². The van der Waals surface area contributed by atoms with Gasteiger partial charge in [0.15, 0.2) is 0 Å². The van der Waals surface area contributed by atoms with E-state index in [1.165, 1.54) is 18.5 Å². The quantitative estimate of drug-likeness (QED) is 0.196. The Labute approximate surface area is 199 Å². The van der Waals surface area contributed by atoms with Gasteiger partial charge in [-0.2, -0.15) is 36.5 Å². The molecule has 0 radical (unpaired) electrons. The average Bonchev–Trinajstić information content (AvgIpc) is 3.21. The van der Waals surface area contributed by atoms with Gasteiger partial charge in [0.2, 0.25) is 5.52 Å². The number of nitrogens with zero attached hydrogens (tertiary/aromatic N) is 4. The lowest BCUT2D eigenvalue weighted by Gasteiger charge is -2.15. The first kappa shape index (κ1) is 25.0. The molecule has 12 heteroatoms. The summed E-state index contributed by atoms with van der Waals surface area (Å²) in [6, 6.07) is 5.70. The van der Waals surface area contributed by atoms with Crippen LogP contribution in [0.4, 0.5) is 30.7 Å². The fourth-order valence-electron chi connectivity index (χ4n) is 3.64. The Morgan fingerprint density at radius 2 is 1.78 bits per heavy atom. The lowest BCUT2D eigenvalue weighted by Crippen LogP contribution is -2.34. The van der Waals surface area contributed by atoms with Gasteiger partial charge in [-0.1, -0.05) is 18.7 Å². The number of aromatic amines is 1. The Hall–Kier alpha value is -4.09. The van der Waals surface area contributed by atoms with Crippen LogP contribution in [-0.2, 0) is 18.9 Å². The normalized spacial score (nSPS) is 12.8. The molecule has 4 aromatic rings. The highest BCUT2D eigenvalue weighted by Crippen LogP contribution is 2.40. The number of H-pyrrole nitrogens is 1. The number of hydrogen-bond donors (Lipinski definition) is 1. The number of fused-ring (bicyclic) bond motifs is 1. The van der Waals surface area contributed by atoms with E-state index in [4.69, 9.17) is 0 Å². The maximum atomic E-state index is 13.6. The molecular weight excluding hydrogens is 491 g/mol. The van der Waals surface area contributed by atoms with Crippen molar-refractivity contribution in [3.05, 3.63) is 89.9 Å². The van der Waals surface area contributed by atoms with Crippen LogP contribution in [0.1, 0.15) is 29.4 Å². The SMILES string of the molecule is C=C(F)C(=CC)c1cc2nc[n+](Cc3ccc(-c4ccc(C(F)(F)F)cc4C(F)(F)F)nn3)cc2[nH]1. The highest BCUT2D eigenvalue weighted by molar-refractivity contribution is 5.84. The number of aromatic nitrogens is 5. The molecule has 0 saturated carbocycles. The number of benzene rings is 1. The van der Waals surface area contributed by atoms with Crippen molar-refractivity contribution >= 4 is 16.6 Å². The van der Waals surface area contributed by atoms with Crippen LogP contribution in [0.15, 0.2) is 67.4 Å². The van der Waals surface area contributed by atoms with Gasteiger partial charge in [-0.25, -0.2) is 8.96 Å². The number of hydrogen-bond acceptors (Lipinski definition) is 3. The van der Waals surface area contributed by atoms with E-state index in [9.17, 15) is 30.7 Å². The van der Waals surface area contributed by atoms with E-state index in [0.29, 0.717) is 34.1 Å². The Kier molecular flexibility index (Phi) is 6.37. The molecule has 1 N–H and O–H groups in total. The summed E-state index contributed by atoms with van der Waals surface area (Å²) in [5.41, 5.74) is -1.29. The van der Waals surface area contributed by atoms with Gasteiger partial charge in [-0.05, 0) is 36.2 Å². The number of halogens is 7. The predicted molar refractivity (Wildman–Crippen MR) is 117 cm³/mol. The average molecular weight is 508 g/mol. The molecule has 0 bridgehead atoms. The highest BCUT2D eigenvalue weighted by Gasteiger charge is 2.38. The molecule has 186 valence electrons. The van der Waals surface area contributed by atoms with Gasteiger partial charge in [0.25, 0.3) is 6.33 Å². The standard InChI is InChI=1S/C24H16F7N5/c1-3-16(13(2)25)20-9-21-22(33-20)11-36(12-32-21)10-15-5-7-19(35-34-15)17-6-4-14(23(26,27)28)8-18(17)24(29,30)31/h3-9,11-12H,2,10H2,1H3/p+1. The zero-order valence-corrected chi connectivity index (χ0v) is 18.5. The molecule has 0 saturated heterocycles. The van der Waals surface area contributed by atoms with Crippen LogP contribution in [-0.4, -0.2) is 20.2 Å². The summed E-state index contributed by atoms with van der Waals surface area (Å²) in [5.74, 6) is -0.603. The first-order chi connectivity index (χ1) is 16.9. The molecule has 0 aliphatic rings. The molecule has 0 unspecified atom stereocenters. The molecule has 4 rings (SSSR count). The molecule has 0 aliphatic carbocycles. The third-order valence-corrected chi connectivity index (χ3v) is 5.33. The van der Waals surface area contributed by atoms with Crippen molar-refractivity contribution in [2.24, 2.45) is 0 Å². The minimum Gasteiger partial charge on any atom is -0.348 e. The van der Waals surface area contributed by atoms with E-state index in [2.05, 4.69) is 26.7 Å². The third kappa shape index (κ3) is 5.11.